The first-order chi connectivity index (χ1) is 19.8. The molecule has 0 saturated carbocycles. The Kier molecular flexibility index (Phi) is 5.81. The van der Waals surface area contributed by atoms with Gasteiger partial charge in [0.2, 0.25) is 0 Å². The van der Waals surface area contributed by atoms with Crippen LogP contribution in [0.3, 0.4) is 0 Å². The Morgan fingerprint density at radius 1 is 0.450 bits per heavy atom. The van der Waals surface area contributed by atoms with E-state index < -0.39 is 0 Å². The number of rotatable bonds is 4. The van der Waals surface area contributed by atoms with Crippen LogP contribution >= 0.6 is 0 Å². The monoisotopic (exact) mass is 512 g/mol. The zero-order valence-electron chi connectivity index (χ0n) is 21.6. The standard InChI is InChI=1S/C36H24N4/c37-25-26-13-12-24-38-36(26)30-18-5-4-16-28(30)29-17-6-7-19-31(29)40-34-22-10-8-20-32(34)39(27-14-2-1-3-15-27)33-21-9-11-23-35(33)40/h1-24H. The first kappa shape index (κ1) is 23.5. The maximum absolute atomic E-state index is 9.83. The van der Waals surface area contributed by atoms with E-state index in [1.807, 2.05) is 30.3 Å². The Bertz CT molecular complexity index is 1840. The van der Waals surface area contributed by atoms with Crippen LogP contribution in [-0.2, 0) is 0 Å². The lowest BCUT2D eigenvalue weighted by molar-refractivity contribution is 1.17. The summed E-state index contributed by atoms with van der Waals surface area (Å²) in [6, 6.07) is 50.2. The van der Waals surface area contributed by atoms with Gasteiger partial charge in [0.1, 0.15) is 6.07 Å². The molecule has 0 amide bonds. The quantitative estimate of drug-likeness (QED) is 0.235. The van der Waals surface area contributed by atoms with Crippen LogP contribution in [0.5, 0.6) is 0 Å². The van der Waals surface area contributed by atoms with Gasteiger partial charge in [-0.3, -0.25) is 4.98 Å². The van der Waals surface area contributed by atoms with Crippen molar-refractivity contribution in [1.82, 2.24) is 4.98 Å². The maximum Gasteiger partial charge on any atom is 0.101 e. The van der Waals surface area contributed by atoms with Crippen LogP contribution in [0.4, 0.5) is 34.1 Å². The highest BCUT2D eigenvalue weighted by atomic mass is 15.3. The zero-order chi connectivity index (χ0) is 26.9. The fourth-order valence-electron chi connectivity index (χ4n) is 5.59. The van der Waals surface area contributed by atoms with Crippen LogP contribution in [-0.4, -0.2) is 4.98 Å². The summed E-state index contributed by atoms with van der Waals surface area (Å²) in [5.74, 6) is 0. The maximum atomic E-state index is 9.83. The van der Waals surface area contributed by atoms with E-state index >= 15 is 0 Å². The number of benzene rings is 5. The number of hydrogen-bond acceptors (Lipinski definition) is 4. The summed E-state index contributed by atoms with van der Waals surface area (Å²) in [5.41, 5.74) is 10.8. The Hall–Kier alpha value is -5.66. The van der Waals surface area contributed by atoms with Gasteiger partial charge < -0.3 is 9.80 Å². The first-order valence-corrected chi connectivity index (χ1v) is 13.2. The smallest absolute Gasteiger partial charge is 0.101 e. The molecule has 0 atom stereocenters. The third kappa shape index (κ3) is 3.81. The van der Waals surface area contributed by atoms with Crippen LogP contribution in [0, 0.1) is 11.3 Å². The third-order valence-corrected chi connectivity index (χ3v) is 7.29. The Morgan fingerprint density at radius 2 is 0.950 bits per heavy atom. The van der Waals surface area contributed by atoms with Gasteiger partial charge in [0.05, 0.1) is 39.7 Å². The minimum Gasteiger partial charge on any atom is -0.306 e. The summed E-state index contributed by atoms with van der Waals surface area (Å²) in [6.45, 7) is 0. The lowest BCUT2D eigenvalue weighted by Crippen LogP contribution is -2.24. The van der Waals surface area contributed by atoms with Gasteiger partial charge in [0.15, 0.2) is 0 Å². The Labute approximate surface area is 233 Å². The molecule has 5 aromatic carbocycles. The fourth-order valence-corrected chi connectivity index (χ4v) is 5.59. The SMILES string of the molecule is N#Cc1cccnc1-c1ccccc1-c1ccccc1N1c2ccccc2N(c2ccccc2)c2ccccc21. The van der Waals surface area contributed by atoms with Crippen LogP contribution in [0.1, 0.15) is 5.56 Å². The molecule has 188 valence electrons. The molecule has 6 aromatic rings. The molecule has 4 nitrogen and oxygen atoms in total. The van der Waals surface area contributed by atoms with Crippen molar-refractivity contribution >= 4 is 34.1 Å². The van der Waals surface area contributed by atoms with Gasteiger partial charge in [-0.1, -0.05) is 84.9 Å². The van der Waals surface area contributed by atoms with E-state index in [4.69, 9.17) is 0 Å². The second kappa shape index (κ2) is 9.90. The number of pyridine rings is 1. The second-order valence-electron chi connectivity index (χ2n) is 9.56. The van der Waals surface area contributed by atoms with Gasteiger partial charge in [0, 0.05) is 23.0 Å². The second-order valence-corrected chi connectivity index (χ2v) is 9.56. The number of anilines is 6. The van der Waals surface area contributed by atoms with Crippen molar-refractivity contribution < 1.29 is 0 Å². The normalized spacial score (nSPS) is 11.9. The van der Waals surface area contributed by atoms with Gasteiger partial charge in [-0.15, -0.1) is 0 Å². The number of aromatic nitrogens is 1. The first-order valence-electron chi connectivity index (χ1n) is 13.2. The van der Waals surface area contributed by atoms with E-state index in [2.05, 4.69) is 124 Å². The lowest BCUT2D eigenvalue weighted by atomic mass is 9.93. The molecule has 7 rings (SSSR count). The highest BCUT2D eigenvalue weighted by Gasteiger charge is 2.31. The molecule has 0 unspecified atom stereocenters. The largest absolute Gasteiger partial charge is 0.306 e. The van der Waals surface area contributed by atoms with Crippen molar-refractivity contribution in [3.8, 4) is 28.5 Å². The molecule has 0 saturated heterocycles. The van der Waals surface area contributed by atoms with Crippen molar-refractivity contribution in [3.63, 3.8) is 0 Å². The number of nitrogens with zero attached hydrogens (tertiary/aromatic N) is 4. The van der Waals surface area contributed by atoms with Gasteiger partial charge in [0.25, 0.3) is 0 Å². The van der Waals surface area contributed by atoms with Gasteiger partial charge in [-0.2, -0.15) is 5.26 Å². The lowest BCUT2D eigenvalue weighted by Gasteiger charge is -2.41. The summed E-state index contributed by atoms with van der Waals surface area (Å²) in [5, 5.41) is 9.83. The van der Waals surface area contributed by atoms with E-state index in [0.717, 1.165) is 50.8 Å². The van der Waals surface area contributed by atoms with Gasteiger partial charge >= 0.3 is 0 Å². The molecule has 4 heteroatoms. The van der Waals surface area contributed by atoms with E-state index in [0.29, 0.717) is 11.3 Å². The molecule has 1 aromatic heterocycles. The average Bonchev–Trinajstić information content (AvgIpc) is 3.04. The molecular weight excluding hydrogens is 488 g/mol. The van der Waals surface area contributed by atoms with Crippen molar-refractivity contribution in [3.05, 3.63) is 151 Å². The van der Waals surface area contributed by atoms with Crippen molar-refractivity contribution in [1.29, 1.82) is 5.26 Å². The highest BCUT2D eigenvalue weighted by molar-refractivity contribution is 6.04. The molecule has 0 N–H and O–H groups in total. The van der Waals surface area contributed by atoms with Crippen LogP contribution in [0.25, 0.3) is 22.4 Å². The van der Waals surface area contributed by atoms with Crippen LogP contribution in [0.2, 0.25) is 0 Å². The minimum absolute atomic E-state index is 0.555. The molecule has 40 heavy (non-hydrogen) atoms. The predicted molar refractivity (Wildman–Crippen MR) is 163 cm³/mol. The summed E-state index contributed by atoms with van der Waals surface area (Å²) >= 11 is 0. The average molecular weight is 513 g/mol. The van der Waals surface area contributed by atoms with Crippen LogP contribution < -0.4 is 9.80 Å². The van der Waals surface area contributed by atoms with Crippen molar-refractivity contribution in [2.45, 2.75) is 0 Å². The van der Waals surface area contributed by atoms with E-state index in [-0.39, 0.29) is 0 Å². The minimum atomic E-state index is 0.555. The molecule has 0 aliphatic carbocycles. The number of hydrogen-bond donors (Lipinski definition) is 0. The van der Waals surface area contributed by atoms with Crippen molar-refractivity contribution in [2.24, 2.45) is 0 Å². The summed E-state index contributed by atoms with van der Waals surface area (Å²) in [6.07, 6.45) is 1.74. The molecular formula is C36H24N4. The highest BCUT2D eigenvalue weighted by Crippen LogP contribution is 2.55. The fraction of sp³-hybridized carbons (Fsp3) is 0. The molecule has 0 fully saturated rings. The van der Waals surface area contributed by atoms with E-state index in [9.17, 15) is 5.26 Å². The number of fused-ring (bicyclic) bond motifs is 2. The molecule has 2 heterocycles. The zero-order valence-corrected chi connectivity index (χ0v) is 21.6. The molecule has 0 bridgehead atoms. The van der Waals surface area contributed by atoms with E-state index in [1.54, 1.807) is 12.3 Å². The Balaban J connectivity index is 1.48. The molecule has 1 aliphatic heterocycles. The number of para-hydroxylation sites is 6. The Morgan fingerprint density at radius 3 is 1.57 bits per heavy atom. The molecule has 1 aliphatic rings. The third-order valence-electron chi connectivity index (χ3n) is 7.29. The van der Waals surface area contributed by atoms with Crippen LogP contribution in [0.15, 0.2) is 146 Å². The topological polar surface area (TPSA) is 43.2 Å². The van der Waals surface area contributed by atoms with Crippen molar-refractivity contribution in [2.75, 3.05) is 9.80 Å². The predicted octanol–water partition coefficient (Wildman–Crippen LogP) is 9.54. The van der Waals surface area contributed by atoms with E-state index in [1.165, 1.54) is 0 Å². The van der Waals surface area contributed by atoms with Gasteiger partial charge in [-0.05, 0) is 60.2 Å². The summed E-state index contributed by atoms with van der Waals surface area (Å²) in [7, 11) is 0. The number of nitriles is 1. The molecule has 0 spiro atoms. The van der Waals surface area contributed by atoms with Gasteiger partial charge in [-0.25, -0.2) is 0 Å². The summed E-state index contributed by atoms with van der Waals surface area (Å²) in [4.78, 5) is 9.29. The molecule has 0 radical (unpaired) electrons. The summed E-state index contributed by atoms with van der Waals surface area (Å²) < 4.78 is 0.